The van der Waals surface area contributed by atoms with Gasteiger partial charge in [-0.15, -0.1) is 0 Å². The van der Waals surface area contributed by atoms with E-state index in [1.54, 1.807) is 12.1 Å². The Morgan fingerprint density at radius 1 is 1.06 bits per heavy atom. The third-order valence-electron chi connectivity index (χ3n) is 2.22. The maximum atomic E-state index is 11.5. The summed E-state index contributed by atoms with van der Waals surface area (Å²) in [4.78, 5) is 11.5. The minimum Gasteiger partial charge on any atom is -0.426 e. The summed E-state index contributed by atoms with van der Waals surface area (Å²) in [5.41, 5.74) is 0. The highest BCUT2D eigenvalue weighted by Crippen LogP contribution is 2.09. The Labute approximate surface area is 94.3 Å². The Kier molecular flexibility index (Phi) is 3.38. The van der Waals surface area contributed by atoms with Crippen LogP contribution in [-0.2, 0) is 11.3 Å². The number of carbonyl (C=O) groups excluding carboxylic acids is 1. The Morgan fingerprint density at radius 2 is 1.75 bits per heavy atom. The van der Waals surface area contributed by atoms with E-state index in [0.29, 0.717) is 18.7 Å². The van der Waals surface area contributed by atoms with Crippen molar-refractivity contribution >= 4 is 5.97 Å². The second-order valence-corrected chi connectivity index (χ2v) is 3.46. The Hall–Kier alpha value is -2.03. The monoisotopic (exact) mass is 215 g/mol. The minimum atomic E-state index is -0.208. The lowest BCUT2D eigenvalue weighted by atomic mass is 10.3. The maximum Gasteiger partial charge on any atom is 0.312 e. The van der Waals surface area contributed by atoms with Gasteiger partial charge in [-0.3, -0.25) is 4.79 Å². The van der Waals surface area contributed by atoms with Gasteiger partial charge in [-0.2, -0.15) is 0 Å². The molecule has 0 unspecified atom stereocenters. The molecule has 0 fully saturated rings. The first-order chi connectivity index (χ1) is 7.84. The summed E-state index contributed by atoms with van der Waals surface area (Å²) in [5, 5.41) is 0. The van der Waals surface area contributed by atoms with Gasteiger partial charge in [0.2, 0.25) is 0 Å². The molecule has 16 heavy (non-hydrogen) atoms. The summed E-state index contributed by atoms with van der Waals surface area (Å²) in [5.74, 6) is 0.389. The molecule has 0 saturated carbocycles. The molecule has 3 heteroatoms. The highest BCUT2D eigenvalue weighted by Gasteiger charge is 2.03. The Bertz CT molecular complexity index is 434. The average Bonchev–Trinajstić information content (AvgIpc) is 2.81. The molecule has 0 amide bonds. The van der Waals surface area contributed by atoms with Gasteiger partial charge < -0.3 is 9.30 Å². The van der Waals surface area contributed by atoms with Gasteiger partial charge in [0.05, 0.1) is 6.42 Å². The van der Waals surface area contributed by atoms with Crippen LogP contribution in [0, 0.1) is 0 Å². The molecule has 1 aromatic carbocycles. The topological polar surface area (TPSA) is 31.2 Å². The standard InChI is InChI=1S/C13H13NO2/c15-13(8-11-14-9-4-5-10-14)16-12-6-2-1-3-7-12/h1-7,9-10H,8,11H2. The van der Waals surface area contributed by atoms with Gasteiger partial charge in [0, 0.05) is 18.9 Å². The zero-order chi connectivity index (χ0) is 11.2. The number of carbonyl (C=O) groups is 1. The number of hydrogen-bond acceptors (Lipinski definition) is 2. The van der Waals surface area contributed by atoms with E-state index in [2.05, 4.69) is 0 Å². The minimum absolute atomic E-state index is 0.208. The highest BCUT2D eigenvalue weighted by atomic mass is 16.5. The molecule has 0 aliphatic carbocycles. The number of aromatic nitrogens is 1. The van der Waals surface area contributed by atoms with Crippen LogP contribution in [-0.4, -0.2) is 10.5 Å². The number of ether oxygens (including phenoxy) is 1. The molecule has 0 aliphatic rings. The SMILES string of the molecule is O=C(CCn1cccc1)Oc1ccccc1. The van der Waals surface area contributed by atoms with Gasteiger partial charge in [0.25, 0.3) is 0 Å². The zero-order valence-corrected chi connectivity index (χ0v) is 8.87. The number of esters is 1. The molecule has 0 bridgehead atoms. The number of nitrogens with zero attached hydrogens (tertiary/aromatic N) is 1. The summed E-state index contributed by atoms with van der Waals surface area (Å²) < 4.78 is 7.11. The first-order valence-electron chi connectivity index (χ1n) is 5.21. The van der Waals surface area contributed by atoms with Crippen LogP contribution in [0.25, 0.3) is 0 Å². The largest absolute Gasteiger partial charge is 0.426 e. The van der Waals surface area contributed by atoms with Crippen LogP contribution in [0.1, 0.15) is 6.42 Å². The summed E-state index contributed by atoms with van der Waals surface area (Å²) >= 11 is 0. The summed E-state index contributed by atoms with van der Waals surface area (Å²) in [7, 11) is 0. The van der Waals surface area contributed by atoms with Gasteiger partial charge in [-0.1, -0.05) is 18.2 Å². The fraction of sp³-hybridized carbons (Fsp3) is 0.154. The normalized spacial score (nSPS) is 10.0. The van der Waals surface area contributed by atoms with Crippen molar-refractivity contribution in [2.24, 2.45) is 0 Å². The predicted octanol–water partition coefficient (Wildman–Crippen LogP) is 2.48. The number of aryl methyl sites for hydroxylation is 1. The summed E-state index contributed by atoms with van der Waals surface area (Å²) in [6, 6.07) is 13.0. The average molecular weight is 215 g/mol. The molecule has 1 heterocycles. The van der Waals surface area contributed by atoms with Crippen LogP contribution in [0.2, 0.25) is 0 Å². The van der Waals surface area contributed by atoms with Crippen molar-refractivity contribution in [1.29, 1.82) is 0 Å². The lowest BCUT2D eigenvalue weighted by Gasteiger charge is -2.04. The van der Waals surface area contributed by atoms with Crippen molar-refractivity contribution in [1.82, 2.24) is 4.57 Å². The van der Waals surface area contributed by atoms with E-state index in [1.165, 1.54) is 0 Å². The molecule has 0 atom stereocenters. The summed E-state index contributed by atoms with van der Waals surface area (Å²) in [6.45, 7) is 0.651. The van der Waals surface area contributed by atoms with Crippen LogP contribution in [0.4, 0.5) is 0 Å². The van der Waals surface area contributed by atoms with E-state index in [4.69, 9.17) is 4.74 Å². The quantitative estimate of drug-likeness (QED) is 0.579. The number of benzene rings is 1. The summed E-state index contributed by atoms with van der Waals surface area (Å²) in [6.07, 6.45) is 4.23. The van der Waals surface area contributed by atoms with E-state index in [9.17, 15) is 4.79 Å². The van der Waals surface area contributed by atoms with Crippen LogP contribution >= 0.6 is 0 Å². The van der Waals surface area contributed by atoms with Crippen molar-refractivity contribution < 1.29 is 9.53 Å². The molecule has 2 rings (SSSR count). The van der Waals surface area contributed by atoms with Gasteiger partial charge in [-0.05, 0) is 24.3 Å². The van der Waals surface area contributed by atoms with E-state index in [1.807, 2.05) is 47.3 Å². The highest BCUT2D eigenvalue weighted by molar-refractivity contribution is 5.72. The Balaban J connectivity index is 1.81. The van der Waals surface area contributed by atoms with Crippen LogP contribution in [0.5, 0.6) is 5.75 Å². The van der Waals surface area contributed by atoms with Crippen molar-refractivity contribution in [3.05, 3.63) is 54.9 Å². The first kappa shape index (κ1) is 10.5. The number of hydrogen-bond donors (Lipinski definition) is 0. The second kappa shape index (κ2) is 5.16. The van der Waals surface area contributed by atoms with Crippen LogP contribution in [0.15, 0.2) is 54.9 Å². The fourth-order valence-electron chi connectivity index (χ4n) is 1.41. The molecular formula is C13H13NO2. The van der Waals surface area contributed by atoms with Crippen molar-refractivity contribution in [3.63, 3.8) is 0 Å². The van der Waals surface area contributed by atoms with E-state index < -0.39 is 0 Å². The molecule has 0 saturated heterocycles. The van der Waals surface area contributed by atoms with Gasteiger partial charge in [0.15, 0.2) is 0 Å². The molecule has 3 nitrogen and oxygen atoms in total. The van der Waals surface area contributed by atoms with E-state index in [-0.39, 0.29) is 5.97 Å². The van der Waals surface area contributed by atoms with Crippen LogP contribution < -0.4 is 4.74 Å². The molecular weight excluding hydrogens is 202 g/mol. The van der Waals surface area contributed by atoms with E-state index in [0.717, 1.165) is 0 Å². The number of rotatable bonds is 4. The lowest BCUT2D eigenvalue weighted by molar-refractivity contribution is -0.134. The third kappa shape index (κ3) is 2.98. The van der Waals surface area contributed by atoms with E-state index >= 15 is 0 Å². The van der Waals surface area contributed by atoms with Gasteiger partial charge in [-0.25, -0.2) is 0 Å². The van der Waals surface area contributed by atoms with Crippen molar-refractivity contribution in [2.75, 3.05) is 0 Å². The molecule has 82 valence electrons. The number of para-hydroxylation sites is 1. The van der Waals surface area contributed by atoms with Crippen molar-refractivity contribution in [2.45, 2.75) is 13.0 Å². The third-order valence-corrected chi connectivity index (χ3v) is 2.22. The molecule has 0 aliphatic heterocycles. The first-order valence-corrected chi connectivity index (χ1v) is 5.21. The maximum absolute atomic E-state index is 11.5. The Morgan fingerprint density at radius 3 is 2.44 bits per heavy atom. The second-order valence-electron chi connectivity index (χ2n) is 3.46. The smallest absolute Gasteiger partial charge is 0.312 e. The lowest BCUT2D eigenvalue weighted by Crippen LogP contribution is -2.10. The molecule has 0 radical (unpaired) electrons. The zero-order valence-electron chi connectivity index (χ0n) is 8.87. The molecule has 1 aromatic heterocycles. The predicted molar refractivity (Wildman–Crippen MR) is 61.1 cm³/mol. The molecule has 2 aromatic rings. The van der Waals surface area contributed by atoms with Crippen LogP contribution in [0.3, 0.4) is 0 Å². The fourth-order valence-corrected chi connectivity index (χ4v) is 1.41. The van der Waals surface area contributed by atoms with Gasteiger partial charge in [0.1, 0.15) is 5.75 Å². The molecule has 0 spiro atoms. The molecule has 0 N–H and O–H groups in total. The van der Waals surface area contributed by atoms with Gasteiger partial charge >= 0.3 is 5.97 Å². The van der Waals surface area contributed by atoms with Crippen molar-refractivity contribution in [3.8, 4) is 5.75 Å².